The van der Waals surface area contributed by atoms with Crippen LogP contribution in [0.2, 0.25) is 5.02 Å². The number of halogens is 1. The summed E-state index contributed by atoms with van der Waals surface area (Å²) < 4.78 is 7.22. The average molecular weight is 481 g/mol. The van der Waals surface area contributed by atoms with Gasteiger partial charge in [-0.2, -0.15) is 0 Å². The van der Waals surface area contributed by atoms with Gasteiger partial charge in [0.1, 0.15) is 17.1 Å². The third kappa shape index (κ3) is 4.04. The summed E-state index contributed by atoms with van der Waals surface area (Å²) in [4.78, 5) is 25.2. The van der Waals surface area contributed by atoms with Crippen LogP contribution in [0.25, 0.3) is 11.7 Å². The fourth-order valence-electron chi connectivity index (χ4n) is 3.32. The Morgan fingerprint density at radius 2 is 2.12 bits per heavy atom. The molecule has 160 valence electrons. The highest BCUT2D eigenvalue weighted by Crippen LogP contribution is 2.35. The average Bonchev–Trinajstić information content (AvgIpc) is 3.52. The molecule has 1 aliphatic rings. The number of rotatable bonds is 5. The van der Waals surface area contributed by atoms with Gasteiger partial charge in [-0.1, -0.05) is 35.5 Å². The van der Waals surface area contributed by atoms with E-state index in [2.05, 4.69) is 9.98 Å². The van der Waals surface area contributed by atoms with Gasteiger partial charge in [-0.3, -0.25) is 9.69 Å². The third-order valence-electron chi connectivity index (χ3n) is 4.81. The Hall–Kier alpha value is -3.07. The van der Waals surface area contributed by atoms with Crippen LogP contribution < -0.4 is 9.64 Å². The van der Waals surface area contributed by atoms with Crippen LogP contribution in [-0.2, 0) is 10.5 Å². The van der Waals surface area contributed by atoms with Gasteiger partial charge in [0.15, 0.2) is 5.17 Å². The number of carbonyl (C=O) groups excluding carboxylic acids is 1. The summed E-state index contributed by atoms with van der Waals surface area (Å²) in [7, 11) is 1.56. The number of anilines is 1. The number of methoxy groups -OCH3 is 1. The van der Waals surface area contributed by atoms with Crippen molar-refractivity contribution in [2.45, 2.75) is 5.75 Å². The zero-order chi connectivity index (χ0) is 22.1. The summed E-state index contributed by atoms with van der Waals surface area (Å²) in [6.45, 7) is 0. The Morgan fingerprint density at radius 1 is 1.22 bits per heavy atom. The lowest BCUT2D eigenvalue weighted by Crippen LogP contribution is -2.30. The van der Waals surface area contributed by atoms with E-state index in [1.165, 1.54) is 11.8 Å². The summed E-state index contributed by atoms with van der Waals surface area (Å²) in [5.74, 6) is 0.921. The Bertz CT molecular complexity index is 1330. The van der Waals surface area contributed by atoms with Gasteiger partial charge in [-0.05, 0) is 47.9 Å². The number of aromatic nitrogens is 2. The smallest absolute Gasteiger partial charge is 0.283 e. The van der Waals surface area contributed by atoms with E-state index in [1.54, 1.807) is 41.5 Å². The molecule has 0 saturated heterocycles. The number of benzene rings is 1. The Kier molecular flexibility index (Phi) is 5.73. The second kappa shape index (κ2) is 8.82. The zero-order valence-electron chi connectivity index (χ0n) is 16.9. The Balaban J connectivity index is 1.47. The molecular formula is C23H17ClN4O2S2. The van der Waals surface area contributed by atoms with E-state index in [0.717, 1.165) is 16.2 Å². The van der Waals surface area contributed by atoms with Crippen molar-refractivity contribution in [1.82, 2.24) is 9.38 Å². The minimum atomic E-state index is -0.197. The molecule has 0 N–H and O–H groups in total. The van der Waals surface area contributed by atoms with E-state index >= 15 is 0 Å². The van der Waals surface area contributed by atoms with Gasteiger partial charge >= 0.3 is 0 Å². The molecule has 1 amide bonds. The molecule has 32 heavy (non-hydrogen) atoms. The first kappa shape index (κ1) is 20.8. The maximum absolute atomic E-state index is 13.3. The fraction of sp³-hybridized carbons (Fsp3) is 0.0870. The summed E-state index contributed by atoms with van der Waals surface area (Å²) >= 11 is 9.35. The molecule has 3 aromatic heterocycles. The van der Waals surface area contributed by atoms with Crippen molar-refractivity contribution >= 4 is 63.2 Å². The first-order chi connectivity index (χ1) is 15.6. The summed E-state index contributed by atoms with van der Waals surface area (Å²) in [6.07, 6.45) is 5.75. The number of hydrogen-bond acceptors (Lipinski definition) is 6. The van der Waals surface area contributed by atoms with Crippen LogP contribution in [0, 0.1) is 0 Å². The number of pyridine rings is 1. The Morgan fingerprint density at radius 3 is 2.88 bits per heavy atom. The van der Waals surface area contributed by atoms with Crippen molar-refractivity contribution in [2.75, 3.05) is 12.0 Å². The van der Waals surface area contributed by atoms with Crippen LogP contribution >= 0.6 is 34.7 Å². The molecule has 0 spiro atoms. The van der Waals surface area contributed by atoms with E-state index < -0.39 is 0 Å². The molecule has 5 rings (SSSR count). The molecule has 0 unspecified atom stereocenters. The van der Waals surface area contributed by atoms with E-state index in [4.69, 9.17) is 16.3 Å². The predicted molar refractivity (Wildman–Crippen MR) is 132 cm³/mol. The van der Waals surface area contributed by atoms with Crippen molar-refractivity contribution in [1.29, 1.82) is 0 Å². The quantitative estimate of drug-likeness (QED) is 0.342. The standard InChI is InChI=1S/C23H17ClN4O2S2/c1-30-20-8-7-16(11-18(20)24)28-22(29)19(12-17-5-4-10-31-17)26-23(28)32-14-15-13-27-9-3-2-6-21(27)25-15/h2-13H,14H2,1H3/b19-12+. The second-order valence-electron chi connectivity index (χ2n) is 6.89. The lowest BCUT2D eigenvalue weighted by atomic mass is 10.2. The monoisotopic (exact) mass is 480 g/mol. The van der Waals surface area contributed by atoms with Gasteiger partial charge in [0.2, 0.25) is 0 Å². The molecule has 1 aliphatic heterocycles. The number of nitrogens with zero attached hydrogens (tertiary/aromatic N) is 4. The number of thioether (sulfide) groups is 1. The van der Waals surface area contributed by atoms with Gasteiger partial charge < -0.3 is 9.14 Å². The number of carbonyl (C=O) groups is 1. The van der Waals surface area contributed by atoms with Crippen LogP contribution in [-0.4, -0.2) is 27.6 Å². The van der Waals surface area contributed by atoms with Crippen LogP contribution in [0.5, 0.6) is 5.75 Å². The molecule has 9 heteroatoms. The number of ether oxygens (including phenoxy) is 1. The number of imidazole rings is 1. The lowest BCUT2D eigenvalue weighted by Gasteiger charge is -2.18. The van der Waals surface area contributed by atoms with E-state index in [0.29, 0.717) is 33.1 Å². The number of aliphatic imine (C=N–C) groups is 1. The van der Waals surface area contributed by atoms with Crippen molar-refractivity contribution in [3.8, 4) is 5.75 Å². The van der Waals surface area contributed by atoms with Crippen molar-refractivity contribution in [2.24, 2.45) is 4.99 Å². The zero-order valence-corrected chi connectivity index (χ0v) is 19.3. The number of amidine groups is 1. The molecule has 0 bridgehead atoms. The van der Waals surface area contributed by atoms with Crippen LogP contribution in [0.1, 0.15) is 10.6 Å². The molecule has 0 atom stereocenters. The highest BCUT2D eigenvalue weighted by atomic mass is 35.5. The minimum absolute atomic E-state index is 0.197. The lowest BCUT2D eigenvalue weighted by molar-refractivity contribution is -0.113. The van der Waals surface area contributed by atoms with Gasteiger partial charge in [-0.15, -0.1) is 11.3 Å². The number of hydrogen-bond donors (Lipinski definition) is 0. The van der Waals surface area contributed by atoms with Crippen LogP contribution in [0.3, 0.4) is 0 Å². The molecule has 6 nitrogen and oxygen atoms in total. The number of amides is 1. The molecule has 0 radical (unpaired) electrons. The van der Waals surface area contributed by atoms with Crippen LogP contribution in [0.4, 0.5) is 5.69 Å². The fourth-order valence-corrected chi connectivity index (χ4v) is 5.12. The highest BCUT2D eigenvalue weighted by Gasteiger charge is 2.32. The second-order valence-corrected chi connectivity index (χ2v) is 9.21. The van der Waals surface area contributed by atoms with Gasteiger partial charge in [0, 0.05) is 23.0 Å². The first-order valence-electron chi connectivity index (χ1n) is 9.69. The normalized spacial score (nSPS) is 15.1. The van der Waals surface area contributed by atoms with E-state index in [9.17, 15) is 4.79 Å². The van der Waals surface area contributed by atoms with E-state index in [-0.39, 0.29) is 5.91 Å². The molecule has 0 saturated carbocycles. The molecule has 0 aliphatic carbocycles. The van der Waals surface area contributed by atoms with Crippen molar-refractivity contribution in [3.63, 3.8) is 0 Å². The van der Waals surface area contributed by atoms with Crippen LogP contribution in [0.15, 0.2) is 77.0 Å². The van der Waals surface area contributed by atoms with Gasteiger partial charge in [0.05, 0.1) is 23.5 Å². The van der Waals surface area contributed by atoms with Crippen molar-refractivity contribution in [3.05, 3.63) is 87.6 Å². The summed E-state index contributed by atoms with van der Waals surface area (Å²) in [5.41, 5.74) is 2.80. The van der Waals surface area contributed by atoms with Gasteiger partial charge in [0.25, 0.3) is 5.91 Å². The number of thiophene rings is 1. The third-order valence-corrected chi connectivity index (χ3v) is 6.90. The maximum atomic E-state index is 13.3. The molecular weight excluding hydrogens is 464 g/mol. The number of fused-ring (bicyclic) bond motifs is 1. The van der Waals surface area contributed by atoms with E-state index in [1.807, 2.05) is 58.6 Å². The Labute approximate surface area is 197 Å². The largest absolute Gasteiger partial charge is 0.495 e. The van der Waals surface area contributed by atoms with Gasteiger partial charge in [-0.25, -0.2) is 9.98 Å². The molecule has 4 heterocycles. The predicted octanol–water partition coefficient (Wildman–Crippen LogP) is 5.73. The maximum Gasteiger partial charge on any atom is 0.283 e. The SMILES string of the molecule is COc1ccc(N2C(=O)/C(=C\c3cccs3)N=C2SCc2cn3ccccc3n2)cc1Cl. The highest BCUT2D eigenvalue weighted by molar-refractivity contribution is 8.13. The first-order valence-corrected chi connectivity index (χ1v) is 11.9. The topological polar surface area (TPSA) is 59.2 Å². The summed E-state index contributed by atoms with van der Waals surface area (Å²) in [6, 6.07) is 15.0. The molecule has 4 aromatic rings. The molecule has 0 fully saturated rings. The summed E-state index contributed by atoms with van der Waals surface area (Å²) in [5, 5.41) is 2.98. The van der Waals surface area contributed by atoms with Crippen molar-refractivity contribution < 1.29 is 9.53 Å². The minimum Gasteiger partial charge on any atom is -0.495 e. The molecule has 1 aromatic carbocycles.